The second kappa shape index (κ2) is 6.40. The molecule has 2 aromatic rings. The van der Waals surface area contributed by atoms with Crippen LogP contribution in [0.25, 0.3) is 11.2 Å². The van der Waals surface area contributed by atoms with E-state index in [9.17, 15) is 15.0 Å². The van der Waals surface area contributed by atoms with Crippen LogP contribution in [0.4, 0.5) is 5.95 Å². The number of imidazole rings is 1. The Bertz CT molecular complexity index is 699. The summed E-state index contributed by atoms with van der Waals surface area (Å²) in [6.07, 6.45) is -3.21. The zero-order valence-corrected chi connectivity index (χ0v) is 12.2. The van der Waals surface area contributed by atoms with Crippen LogP contribution in [0.2, 0.25) is 0 Å². The third-order valence-corrected chi connectivity index (χ3v) is 3.24. The highest BCUT2D eigenvalue weighted by atomic mass is 16.6. The minimum atomic E-state index is -1.29. The lowest BCUT2D eigenvalue weighted by Gasteiger charge is -2.16. The molecule has 0 saturated carbocycles. The highest BCUT2D eigenvalue weighted by Crippen LogP contribution is 2.30. The van der Waals surface area contributed by atoms with Crippen LogP contribution in [0.3, 0.4) is 0 Å². The number of hydrogen-bond acceptors (Lipinski definition) is 8. The predicted octanol–water partition coefficient (Wildman–Crippen LogP) is -1.66. The fourth-order valence-corrected chi connectivity index (χ4v) is 2.24. The van der Waals surface area contributed by atoms with Gasteiger partial charge in [-0.25, -0.2) is 4.98 Å². The molecule has 4 atom stereocenters. The van der Waals surface area contributed by atoms with Gasteiger partial charge in [0, 0.05) is 0 Å². The van der Waals surface area contributed by atoms with Crippen molar-refractivity contribution in [3.05, 3.63) is 16.7 Å². The number of anilines is 1. The maximum absolute atomic E-state index is 11.7. The van der Waals surface area contributed by atoms with Crippen LogP contribution in [0, 0.1) is 0 Å². The van der Waals surface area contributed by atoms with Gasteiger partial charge in [-0.1, -0.05) is 13.8 Å². The zero-order valence-electron chi connectivity index (χ0n) is 12.2. The number of hydrogen-bond donors (Lipinski definition) is 5. The molecule has 22 heavy (non-hydrogen) atoms. The number of nitrogen functional groups attached to an aromatic ring is 1. The Hall–Kier alpha value is -2.01. The summed E-state index contributed by atoms with van der Waals surface area (Å²) < 4.78 is 6.64. The summed E-state index contributed by atoms with van der Waals surface area (Å²) in [6, 6.07) is 0. The number of ether oxygens (including phenoxy) is 1. The second-order valence-electron chi connectivity index (χ2n) is 4.50. The summed E-state index contributed by atoms with van der Waals surface area (Å²) in [5.41, 5.74) is 5.12. The molecule has 0 amide bonds. The van der Waals surface area contributed by atoms with Crippen molar-refractivity contribution in [2.75, 3.05) is 12.3 Å². The summed E-state index contributed by atoms with van der Waals surface area (Å²) in [5.74, 6) is -0.101. The summed E-state index contributed by atoms with van der Waals surface area (Å²) in [6.45, 7) is 3.55. The van der Waals surface area contributed by atoms with Crippen molar-refractivity contribution >= 4 is 17.1 Å². The van der Waals surface area contributed by atoms with E-state index in [1.807, 2.05) is 13.8 Å². The van der Waals surface area contributed by atoms with Crippen molar-refractivity contribution < 1.29 is 20.1 Å². The van der Waals surface area contributed by atoms with Crippen LogP contribution < -0.4 is 11.3 Å². The molecular formula is C12H19N5O5. The summed E-state index contributed by atoms with van der Waals surface area (Å²) in [5, 5.41) is 28.7. The Morgan fingerprint density at radius 3 is 2.68 bits per heavy atom. The fraction of sp³-hybridized carbons (Fsp3) is 0.583. The number of H-pyrrole nitrogens is 1. The standard InChI is InChI=1S/C10H13N5O5.C2H6/c11-10-13-7-4(8(19)14-10)12-2-15(7)9-6(18)5(17)3(1-16)20-9;1-2/h2-3,5-6,9,16-18H,1H2,(H3,11,13,14,19);1-2H3. The van der Waals surface area contributed by atoms with E-state index in [0.717, 1.165) is 0 Å². The highest BCUT2D eigenvalue weighted by molar-refractivity contribution is 5.70. The lowest BCUT2D eigenvalue weighted by Crippen LogP contribution is -2.33. The maximum Gasteiger partial charge on any atom is 0.280 e. The number of nitrogens with one attached hydrogen (secondary N) is 1. The van der Waals surface area contributed by atoms with Gasteiger partial charge in [-0.05, 0) is 0 Å². The van der Waals surface area contributed by atoms with E-state index in [1.54, 1.807) is 0 Å². The summed E-state index contributed by atoms with van der Waals surface area (Å²) in [7, 11) is 0. The molecule has 0 aromatic carbocycles. The number of aliphatic hydroxyl groups is 3. The van der Waals surface area contributed by atoms with E-state index in [1.165, 1.54) is 10.9 Å². The highest BCUT2D eigenvalue weighted by Gasteiger charge is 2.44. The smallest absolute Gasteiger partial charge is 0.280 e. The number of nitrogens with two attached hydrogens (primary N) is 1. The van der Waals surface area contributed by atoms with E-state index in [4.69, 9.17) is 15.6 Å². The fourth-order valence-electron chi connectivity index (χ4n) is 2.24. The van der Waals surface area contributed by atoms with Gasteiger partial charge < -0.3 is 25.8 Å². The van der Waals surface area contributed by atoms with Crippen molar-refractivity contribution in [1.82, 2.24) is 19.5 Å². The number of rotatable bonds is 2. The minimum absolute atomic E-state index is 0.0388. The molecule has 1 saturated heterocycles. The maximum atomic E-state index is 11.7. The molecule has 3 rings (SSSR count). The van der Waals surface area contributed by atoms with Crippen LogP contribution in [0.5, 0.6) is 0 Å². The largest absolute Gasteiger partial charge is 0.394 e. The molecule has 4 unspecified atom stereocenters. The van der Waals surface area contributed by atoms with Crippen molar-refractivity contribution in [3.8, 4) is 0 Å². The van der Waals surface area contributed by atoms with Gasteiger partial charge in [-0.2, -0.15) is 4.98 Å². The van der Waals surface area contributed by atoms with Gasteiger partial charge in [0.05, 0.1) is 12.9 Å². The average molecular weight is 313 g/mol. The van der Waals surface area contributed by atoms with Gasteiger partial charge in [-0.3, -0.25) is 14.3 Å². The summed E-state index contributed by atoms with van der Waals surface area (Å²) in [4.78, 5) is 21.8. The van der Waals surface area contributed by atoms with E-state index < -0.39 is 36.7 Å². The molecule has 10 nitrogen and oxygen atoms in total. The van der Waals surface area contributed by atoms with Crippen molar-refractivity contribution in [2.45, 2.75) is 38.4 Å². The Morgan fingerprint density at radius 1 is 1.41 bits per heavy atom. The topological polar surface area (TPSA) is 160 Å². The molecule has 0 radical (unpaired) electrons. The third-order valence-electron chi connectivity index (χ3n) is 3.24. The van der Waals surface area contributed by atoms with Gasteiger partial charge in [0.2, 0.25) is 5.95 Å². The van der Waals surface area contributed by atoms with Crippen LogP contribution >= 0.6 is 0 Å². The Labute approximate surface area is 125 Å². The molecule has 2 aromatic heterocycles. The lowest BCUT2D eigenvalue weighted by atomic mass is 10.1. The molecule has 0 spiro atoms. The molecule has 10 heteroatoms. The first-order valence-corrected chi connectivity index (χ1v) is 6.87. The van der Waals surface area contributed by atoms with E-state index >= 15 is 0 Å². The quantitative estimate of drug-likeness (QED) is 0.440. The van der Waals surface area contributed by atoms with E-state index in [0.29, 0.717) is 0 Å². The van der Waals surface area contributed by atoms with Gasteiger partial charge in [0.25, 0.3) is 5.56 Å². The number of nitrogens with zero attached hydrogens (tertiary/aromatic N) is 3. The monoisotopic (exact) mass is 313 g/mol. The number of aliphatic hydroxyl groups excluding tert-OH is 3. The molecule has 0 aliphatic carbocycles. The zero-order chi connectivity index (χ0) is 16.4. The molecule has 3 heterocycles. The second-order valence-corrected chi connectivity index (χ2v) is 4.50. The molecule has 1 aliphatic rings. The van der Waals surface area contributed by atoms with Crippen LogP contribution in [0.15, 0.2) is 11.1 Å². The van der Waals surface area contributed by atoms with Gasteiger partial charge >= 0.3 is 0 Å². The van der Waals surface area contributed by atoms with Crippen molar-refractivity contribution in [1.29, 1.82) is 0 Å². The lowest BCUT2D eigenvalue weighted by molar-refractivity contribution is -0.0511. The van der Waals surface area contributed by atoms with Gasteiger partial charge in [0.15, 0.2) is 17.4 Å². The van der Waals surface area contributed by atoms with E-state index in [2.05, 4.69) is 15.0 Å². The predicted molar refractivity (Wildman–Crippen MR) is 76.9 cm³/mol. The Balaban J connectivity index is 0.000000847. The number of aromatic nitrogens is 4. The number of aromatic amines is 1. The molecule has 0 bridgehead atoms. The molecule has 1 aliphatic heterocycles. The molecular weight excluding hydrogens is 294 g/mol. The minimum Gasteiger partial charge on any atom is -0.394 e. The van der Waals surface area contributed by atoms with Crippen LogP contribution in [0.1, 0.15) is 20.1 Å². The van der Waals surface area contributed by atoms with Gasteiger partial charge in [-0.15, -0.1) is 0 Å². The summed E-state index contributed by atoms with van der Waals surface area (Å²) >= 11 is 0. The van der Waals surface area contributed by atoms with Crippen LogP contribution in [-0.4, -0.2) is 59.8 Å². The van der Waals surface area contributed by atoms with Crippen molar-refractivity contribution in [3.63, 3.8) is 0 Å². The Kier molecular flexibility index (Phi) is 4.76. The first-order valence-electron chi connectivity index (χ1n) is 6.87. The first kappa shape index (κ1) is 16.4. The van der Waals surface area contributed by atoms with Gasteiger partial charge in [0.1, 0.15) is 18.3 Å². The number of fused-ring (bicyclic) bond motifs is 1. The third kappa shape index (κ3) is 2.57. The average Bonchev–Trinajstić information content (AvgIpc) is 3.04. The van der Waals surface area contributed by atoms with Crippen LogP contribution in [-0.2, 0) is 4.74 Å². The van der Waals surface area contributed by atoms with Crippen molar-refractivity contribution in [2.24, 2.45) is 0 Å². The molecule has 6 N–H and O–H groups in total. The molecule has 1 fully saturated rings. The first-order chi connectivity index (χ1) is 10.5. The van der Waals surface area contributed by atoms with E-state index in [-0.39, 0.29) is 17.1 Å². The normalized spacial score (nSPS) is 27.7. The molecule has 122 valence electrons. The SMILES string of the molecule is CC.Nc1nc2c(ncn2C2OC(CO)C(O)C2O)c(=O)[nH]1. The Morgan fingerprint density at radius 2 is 2.09 bits per heavy atom.